The zero-order chi connectivity index (χ0) is 9.52. The van der Waals surface area contributed by atoms with Crippen LogP contribution in [0.15, 0.2) is 29.5 Å². The van der Waals surface area contributed by atoms with E-state index in [4.69, 9.17) is 5.53 Å². The summed E-state index contributed by atoms with van der Waals surface area (Å²) in [5.74, 6) is 0. The summed E-state index contributed by atoms with van der Waals surface area (Å²) in [7, 11) is 0. The van der Waals surface area contributed by atoms with Crippen LogP contribution < -0.4 is 0 Å². The Hall–Kier alpha value is -1.80. The van der Waals surface area contributed by atoms with Gasteiger partial charge in [-0.2, -0.15) is 0 Å². The fraction of sp³-hybridized carbons (Fsp3) is 0.222. The molecule has 66 valence electrons. The van der Waals surface area contributed by atoms with Gasteiger partial charge in [0.1, 0.15) is 0 Å². The van der Waals surface area contributed by atoms with Crippen LogP contribution in [-0.2, 0) is 0 Å². The van der Waals surface area contributed by atoms with Crippen molar-refractivity contribution in [1.82, 2.24) is 4.98 Å². The maximum atomic E-state index is 8.03. The monoisotopic (exact) mass is 174 g/mol. The molecule has 0 spiro atoms. The van der Waals surface area contributed by atoms with Crippen LogP contribution in [-0.4, -0.2) is 11.5 Å². The van der Waals surface area contributed by atoms with Crippen LogP contribution in [0, 0.1) is 6.92 Å². The highest BCUT2D eigenvalue weighted by atomic mass is 15.1. The van der Waals surface area contributed by atoms with Gasteiger partial charge >= 0.3 is 0 Å². The summed E-state index contributed by atoms with van der Waals surface area (Å²) in [6.45, 7) is 2.32. The van der Waals surface area contributed by atoms with Gasteiger partial charge in [0.25, 0.3) is 0 Å². The van der Waals surface area contributed by atoms with Crippen molar-refractivity contribution in [1.29, 1.82) is 0 Å². The largest absolute Gasteiger partial charge is 0.261 e. The number of pyridine rings is 1. The van der Waals surface area contributed by atoms with E-state index in [0.717, 1.165) is 11.3 Å². The maximum Gasteiger partial charge on any atom is 0.0444 e. The molecule has 4 heteroatoms. The fourth-order valence-electron chi connectivity index (χ4n) is 0.936. The molecule has 0 N–H and O–H groups in total. The third-order valence-corrected chi connectivity index (χ3v) is 1.60. The van der Waals surface area contributed by atoms with Crippen molar-refractivity contribution >= 4 is 6.08 Å². The molecule has 0 saturated heterocycles. The molecule has 0 aliphatic rings. The molecule has 13 heavy (non-hydrogen) atoms. The van der Waals surface area contributed by atoms with Crippen LogP contribution >= 0.6 is 0 Å². The summed E-state index contributed by atoms with van der Waals surface area (Å²) in [5.41, 5.74) is 10.1. The van der Waals surface area contributed by atoms with Crippen molar-refractivity contribution in [2.45, 2.75) is 6.92 Å². The molecule has 0 aliphatic heterocycles. The Morgan fingerprint density at radius 1 is 1.69 bits per heavy atom. The lowest BCUT2D eigenvalue weighted by Crippen LogP contribution is -1.83. The van der Waals surface area contributed by atoms with Crippen molar-refractivity contribution in [2.75, 3.05) is 6.54 Å². The van der Waals surface area contributed by atoms with E-state index in [2.05, 4.69) is 15.0 Å². The van der Waals surface area contributed by atoms with Crippen LogP contribution in [0.3, 0.4) is 0 Å². The van der Waals surface area contributed by atoms with Crippen LogP contribution in [0.1, 0.15) is 11.3 Å². The second-order valence-corrected chi connectivity index (χ2v) is 2.49. The first-order valence-corrected chi connectivity index (χ1v) is 3.93. The third-order valence-electron chi connectivity index (χ3n) is 1.60. The minimum atomic E-state index is 0.380. The topological polar surface area (TPSA) is 61.7 Å². The normalized spacial score (nSPS) is 9.92. The number of hydrogen-bond acceptors (Lipinski definition) is 2. The van der Waals surface area contributed by atoms with Gasteiger partial charge in [-0.05, 0) is 24.1 Å². The number of azide groups is 1. The summed E-state index contributed by atoms with van der Waals surface area (Å²) in [4.78, 5) is 6.77. The molecular weight excluding hydrogens is 164 g/mol. The minimum absolute atomic E-state index is 0.380. The smallest absolute Gasteiger partial charge is 0.0444 e. The fourth-order valence-corrected chi connectivity index (χ4v) is 0.936. The maximum absolute atomic E-state index is 8.03. The molecule has 0 atom stereocenters. The molecule has 0 radical (unpaired) electrons. The Balaban J connectivity index is 2.68. The van der Waals surface area contributed by atoms with E-state index in [0.29, 0.717) is 6.54 Å². The van der Waals surface area contributed by atoms with Gasteiger partial charge in [0.2, 0.25) is 0 Å². The summed E-state index contributed by atoms with van der Waals surface area (Å²) in [5, 5.41) is 3.39. The van der Waals surface area contributed by atoms with E-state index in [9.17, 15) is 0 Å². The van der Waals surface area contributed by atoms with Crippen molar-refractivity contribution in [2.24, 2.45) is 5.11 Å². The molecule has 0 saturated carbocycles. The Morgan fingerprint density at radius 3 is 3.23 bits per heavy atom. The molecule has 1 aromatic rings. The molecule has 0 amide bonds. The molecule has 1 heterocycles. The lowest BCUT2D eigenvalue weighted by molar-refractivity contribution is 1.18. The predicted molar refractivity (Wildman–Crippen MR) is 52.0 cm³/mol. The highest BCUT2D eigenvalue weighted by molar-refractivity contribution is 5.51. The average molecular weight is 174 g/mol. The number of rotatable bonds is 3. The summed E-state index contributed by atoms with van der Waals surface area (Å²) in [6, 6.07) is 3.84. The van der Waals surface area contributed by atoms with E-state index >= 15 is 0 Å². The van der Waals surface area contributed by atoms with Gasteiger partial charge in [-0.25, -0.2) is 0 Å². The molecule has 1 rings (SSSR count). The molecule has 0 unspecified atom stereocenters. The second kappa shape index (κ2) is 4.95. The van der Waals surface area contributed by atoms with Crippen LogP contribution in [0.4, 0.5) is 0 Å². The Labute approximate surface area is 76.6 Å². The SMILES string of the molecule is Cc1ncccc1C=CCN=[N+]=[N-]. The van der Waals surface area contributed by atoms with Crippen molar-refractivity contribution in [3.8, 4) is 0 Å². The molecule has 0 fully saturated rings. The van der Waals surface area contributed by atoms with E-state index in [-0.39, 0.29) is 0 Å². The summed E-state index contributed by atoms with van der Waals surface area (Å²) in [6.07, 6.45) is 5.46. The number of aryl methyl sites for hydroxylation is 1. The number of aromatic nitrogens is 1. The lowest BCUT2D eigenvalue weighted by atomic mass is 10.2. The van der Waals surface area contributed by atoms with Gasteiger partial charge in [-0.15, -0.1) is 0 Å². The van der Waals surface area contributed by atoms with Gasteiger partial charge in [-0.3, -0.25) is 4.98 Å². The van der Waals surface area contributed by atoms with Gasteiger partial charge in [0.05, 0.1) is 0 Å². The molecule has 1 aromatic heterocycles. The molecule has 0 bridgehead atoms. The lowest BCUT2D eigenvalue weighted by Gasteiger charge is -1.95. The quantitative estimate of drug-likeness (QED) is 0.394. The van der Waals surface area contributed by atoms with Gasteiger partial charge in [0, 0.05) is 23.3 Å². The Kier molecular flexibility index (Phi) is 3.54. The second-order valence-electron chi connectivity index (χ2n) is 2.49. The first-order valence-electron chi connectivity index (χ1n) is 3.93. The summed E-state index contributed by atoms with van der Waals surface area (Å²) >= 11 is 0. The van der Waals surface area contributed by atoms with E-state index in [1.165, 1.54) is 0 Å². The summed E-state index contributed by atoms with van der Waals surface area (Å²) < 4.78 is 0. The van der Waals surface area contributed by atoms with Crippen LogP contribution in [0.5, 0.6) is 0 Å². The van der Waals surface area contributed by atoms with Gasteiger partial charge in [-0.1, -0.05) is 23.3 Å². The van der Waals surface area contributed by atoms with Crippen LogP contribution in [0.2, 0.25) is 0 Å². The highest BCUT2D eigenvalue weighted by Gasteiger charge is 1.90. The number of hydrogen-bond donors (Lipinski definition) is 0. The zero-order valence-corrected chi connectivity index (χ0v) is 7.38. The van der Waals surface area contributed by atoms with Crippen molar-refractivity contribution in [3.63, 3.8) is 0 Å². The first kappa shape index (κ1) is 9.29. The Bertz CT molecular complexity index is 350. The zero-order valence-electron chi connectivity index (χ0n) is 7.38. The van der Waals surface area contributed by atoms with Gasteiger partial charge in [0.15, 0.2) is 0 Å². The molecule has 0 aromatic carbocycles. The average Bonchev–Trinajstić information content (AvgIpc) is 2.15. The highest BCUT2D eigenvalue weighted by Crippen LogP contribution is 2.05. The standard InChI is InChI=1S/C9H10N4/c1-8-9(4-2-6-11-8)5-3-7-12-13-10/h2-6H,7H2,1H3. The third kappa shape index (κ3) is 2.97. The van der Waals surface area contributed by atoms with Crippen molar-refractivity contribution < 1.29 is 0 Å². The predicted octanol–water partition coefficient (Wildman–Crippen LogP) is 2.71. The molecular formula is C9H10N4. The first-order chi connectivity index (χ1) is 6.34. The van der Waals surface area contributed by atoms with Crippen molar-refractivity contribution in [3.05, 3.63) is 46.1 Å². The Morgan fingerprint density at radius 2 is 2.54 bits per heavy atom. The molecule has 4 nitrogen and oxygen atoms in total. The van der Waals surface area contributed by atoms with Gasteiger partial charge < -0.3 is 0 Å². The number of nitrogens with zero attached hydrogens (tertiary/aromatic N) is 4. The van der Waals surface area contributed by atoms with E-state index in [1.54, 1.807) is 6.20 Å². The minimum Gasteiger partial charge on any atom is -0.261 e. The van der Waals surface area contributed by atoms with Crippen LogP contribution in [0.25, 0.3) is 16.5 Å². The van der Waals surface area contributed by atoms with E-state index < -0.39 is 0 Å². The molecule has 0 aliphatic carbocycles. The van der Waals surface area contributed by atoms with E-state index in [1.807, 2.05) is 31.2 Å².